The first kappa shape index (κ1) is 38.9. The Bertz CT molecular complexity index is 1560. The highest BCUT2D eigenvalue weighted by molar-refractivity contribution is 7.48. The van der Waals surface area contributed by atoms with Gasteiger partial charge in [0, 0.05) is 13.2 Å². The molecule has 5 atom stereocenters. The smallest absolute Gasteiger partial charge is 0.402 e. The van der Waals surface area contributed by atoms with Crippen molar-refractivity contribution in [3.05, 3.63) is 53.4 Å². The van der Waals surface area contributed by atoms with E-state index in [2.05, 4.69) is 17.0 Å². The number of aromatic nitrogens is 3. The van der Waals surface area contributed by atoms with Crippen LogP contribution in [0.3, 0.4) is 0 Å². The van der Waals surface area contributed by atoms with Gasteiger partial charge in [0.05, 0.1) is 23.9 Å². The molecule has 0 amide bonds. The zero-order chi connectivity index (χ0) is 35.6. The van der Waals surface area contributed by atoms with E-state index in [0.29, 0.717) is 36.7 Å². The van der Waals surface area contributed by atoms with Crippen molar-refractivity contribution in [2.24, 2.45) is 0 Å². The van der Waals surface area contributed by atoms with E-state index >= 15 is 0 Å². The molecule has 1 aromatic carbocycles. The molecule has 14 heteroatoms. The van der Waals surface area contributed by atoms with Crippen LogP contribution in [-0.2, 0) is 38.2 Å². The number of ether oxygens (including phenoxy) is 4. The van der Waals surface area contributed by atoms with Gasteiger partial charge in [0.1, 0.15) is 41.5 Å². The van der Waals surface area contributed by atoms with Gasteiger partial charge in [-0.25, -0.2) is 14.1 Å². The summed E-state index contributed by atoms with van der Waals surface area (Å²) < 4.78 is 58.6. The Morgan fingerprint density at radius 1 is 0.880 bits per heavy atom. The molecule has 1 unspecified atom stereocenters. The molecule has 2 aliphatic rings. The van der Waals surface area contributed by atoms with Crippen molar-refractivity contribution >= 4 is 30.8 Å². The molecule has 5 rings (SSSR count). The number of nitrogens with zero attached hydrogens (tertiary/aromatic N) is 3. The van der Waals surface area contributed by atoms with Gasteiger partial charge in [-0.05, 0) is 57.9 Å². The molecule has 0 aliphatic carbocycles. The molecule has 0 radical (unpaired) electrons. The van der Waals surface area contributed by atoms with Crippen molar-refractivity contribution in [1.29, 1.82) is 0 Å². The van der Waals surface area contributed by atoms with Crippen molar-refractivity contribution in [2.45, 2.75) is 128 Å². The van der Waals surface area contributed by atoms with Crippen molar-refractivity contribution in [3.8, 4) is 5.75 Å². The fourth-order valence-electron chi connectivity index (χ4n) is 6.62. The zero-order valence-corrected chi connectivity index (χ0v) is 31.5. The number of nitrogens with two attached hydrogens (primary N) is 1. The summed E-state index contributed by atoms with van der Waals surface area (Å²) in [4.78, 5) is 4.09. The van der Waals surface area contributed by atoms with Crippen molar-refractivity contribution in [3.63, 3.8) is 0 Å². The minimum atomic E-state index is -4.18. The van der Waals surface area contributed by atoms with Gasteiger partial charge in [-0.15, -0.1) is 0 Å². The van der Waals surface area contributed by atoms with Gasteiger partial charge < -0.3 is 29.2 Å². The van der Waals surface area contributed by atoms with E-state index in [1.165, 1.54) is 64.1 Å². The Morgan fingerprint density at radius 3 is 2.32 bits per heavy atom. The minimum Gasteiger partial charge on any atom is -0.402 e. The largest absolute Gasteiger partial charge is 0.530 e. The van der Waals surface area contributed by atoms with Gasteiger partial charge in [0.15, 0.2) is 11.6 Å². The molecule has 0 spiro atoms. The van der Waals surface area contributed by atoms with Gasteiger partial charge in [0.2, 0.25) is 0 Å². The number of benzene rings is 1. The quantitative estimate of drug-likeness (QED) is 0.0783. The number of phosphoric acid groups is 1. The zero-order valence-electron chi connectivity index (χ0n) is 29.9. The van der Waals surface area contributed by atoms with Crippen LogP contribution in [0, 0.1) is 0 Å². The number of nitrogen functional groups attached to an aromatic ring is 1. The first-order chi connectivity index (χ1) is 24.1. The summed E-state index contributed by atoms with van der Waals surface area (Å²) in [7, 11) is -4.18. The third-order valence-corrected chi connectivity index (χ3v) is 10.9. The number of hydrogen-bond acceptors (Lipinski definition) is 11. The number of anilines is 1. The van der Waals surface area contributed by atoms with Gasteiger partial charge in [0.25, 0.3) is 0 Å². The van der Waals surface area contributed by atoms with Crippen LogP contribution < -0.4 is 10.3 Å². The summed E-state index contributed by atoms with van der Waals surface area (Å²) in [5, 5.41) is 4.69. The van der Waals surface area contributed by atoms with E-state index in [0.717, 1.165) is 6.42 Å². The fraction of sp³-hybridized carbons (Fsp3) is 0.667. The molecule has 278 valence electrons. The number of unbranched alkanes of at least 4 members (excludes halogenated alkanes) is 9. The molecule has 2 N–H and O–H groups in total. The molecule has 0 saturated carbocycles. The van der Waals surface area contributed by atoms with Crippen LogP contribution in [0.15, 0.2) is 42.7 Å². The van der Waals surface area contributed by atoms with E-state index in [9.17, 15) is 4.57 Å². The second kappa shape index (κ2) is 18.0. The van der Waals surface area contributed by atoms with Crippen LogP contribution >= 0.6 is 19.4 Å². The lowest BCUT2D eigenvalue weighted by Gasteiger charge is -2.31. The van der Waals surface area contributed by atoms with Crippen LogP contribution in [0.2, 0.25) is 5.02 Å². The van der Waals surface area contributed by atoms with E-state index in [1.54, 1.807) is 28.8 Å². The normalized spacial score (nSPS) is 24.1. The summed E-state index contributed by atoms with van der Waals surface area (Å²) in [6.45, 7) is 8.92. The Kier molecular flexibility index (Phi) is 14.0. The summed E-state index contributed by atoms with van der Waals surface area (Å²) in [5.41, 5.74) is 6.42. The Labute approximate surface area is 301 Å². The predicted octanol–water partition coefficient (Wildman–Crippen LogP) is 8.65. The van der Waals surface area contributed by atoms with Crippen molar-refractivity contribution < 1.29 is 37.1 Å². The standard InChI is InChI=1S/C36H54ClN4O8P/c1-5-6-7-8-9-10-11-12-13-16-22-43-23-17-24-44-50(42,49-29-19-15-14-18-27(29)37)45-25-30-32-33(48-35(2,3)47-32)36(4,46-30)31-21-20-28-34(38)39-26-40-41(28)31/h14-15,18-21,26,30,32-33H,5-13,16-17,22-25H2,1-4H3,(H2,38,39,40)/t30-,32-,33-,36+,50?/m1/s1. The molecule has 50 heavy (non-hydrogen) atoms. The lowest BCUT2D eigenvalue weighted by Crippen LogP contribution is -2.39. The van der Waals surface area contributed by atoms with E-state index in [-0.39, 0.29) is 24.0 Å². The number of phosphoric ester groups is 1. The lowest BCUT2D eigenvalue weighted by atomic mass is 9.93. The van der Waals surface area contributed by atoms with Crippen molar-refractivity contribution in [2.75, 3.05) is 32.2 Å². The Balaban J connectivity index is 1.15. The highest BCUT2D eigenvalue weighted by atomic mass is 35.5. The number of hydrogen-bond donors (Lipinski definition) is 1. The first-order valence-corrected chi connectivity index (χ1v) is 19.9. The number of rotatable bonds is 22. The number of halogens is 1. The van der Waals surface area contributed by atoms with Crippen LogP contribution in [0.1, 0.15) is 104 Å². The predicted molar refractivity (Wildman–Crippen MR) is 192 cm³/mol. The maximum absolute atomic E-state index is 14.1. The second-order valence-electron chi connectivity index (χ2n) is 13.7. The number of para-hydroxylation sites is 1. The maximum atomic E-state index is 14.1. The summed E-state index contributed by atoms with van der Waals surface area (Å²) >= 11 is 6.35. The summed E-state index contributed by atoms with van der Waals surface area (Å²) in [5.74, 6) is -0.377. The molecule has 2 aliphatic heterocycles. The topological polar surface area (TPSA) is 138 Å². The Morgan fingerprint density at radius 2 is 1.58 bits per heavy atom. The van der Waals surface area contributed by atoms with Crippen LogP contribution in [-0.4, -0.2) is 65.1 Å². The van der Waals surface area contributed by atoms with Gasteiger partial charge in [-0.1, -0.05) is 88.4 Å². The van der Waals surface area contributed by atoms with E-state index < -0.39 is 37.5 Å². The maximum Gasteiger partial charge on any atom is 0.530 e. The molecule has 2 aromatic heterocycles. The number of fused-ring (bicyclic) bond motifs is 2. The monoisotopic (exact) mass is 736 g/mol. The van der Waals surface area contributed by atoms with Gasteiger partial charge in [-0.3, -0.25) is 9.05 Å². The van der Waals surface area contributed by atoms with E-state index in [4.69, 9.17) is 49.9 Å². The molecular weight excluding hydrogens is 683 g/mol. The third-order valence-electron chi connectivity index (χ3n) is 9.19. The third kappa shape index (κ3) is 9.98. The van der Waals surface area contributed by atoms with Crippen molar-refractivity contribution in [1.82, 2.24) is 14.6 Å². The Hall–Kier alpha value is -2.28. The van der Waals surface area contributed by atoms with Gasteiger partial charge in [-0.2, -0.15) is 5.10 Å². The van der Waals surface area contributed by atoms with Crippen LogP contribution in [0.25, 0.3) is 5.52 Å². The fourth-order valence-corrected chi connectivity index (χ4v) is 8.11. The molecule has 4 heterocycles. The molecule has 2 fully saturated rings. The lowest BCUT2D eigenvalue weighted by molar-refractivity contribution is -0.212. The molecule has 12 nitrogen and oxygen atoms in total. The highest BCUT2D eigenvalue weighted by Crippen LogP contribution is 2.54. The summed E-state index contributed by atoms with van der Waals surface area (Å²) in [6, 6.07) is 10.4. The van der Waals surface area contributed by atoms with Crippen LogP contribution in [0.5, 0.6) is 5.75 Å². The SMILES string of the molecule is CCCCCCCCCCCCOCCCOP(=O)(OC[C@H]1O[C@@](C)(c2ccc3c(N)ncnn23)[C@@H]2OC(C)(C)O[C@@H]21)Oc1ccccc1Cl. The molecule has 3 aromatic rings. The molecular formula is C36H54ClN4O8P. The van der Waals surface area contributed by atoms with E-state index in [1.807, 2.05) is 32.9 Å². The first-order valence-electron chi connectivity index (χ1n) is 18.1. The molecule has 0 bridgehead atoms. The van der Waals surface area contributed by atoms with Gasteiger partial charge >= 0.3 is 7.82 Å². The average molecular weight is 737 g/mol. The highest BCUT2D eigenvalue weighted by Gasteiger charge is 2.62. The van der Waals surface area contributed by atoms with Crippen LogP contribution in [0.4, 0.5) is 5.82 Å². The summed E-state index contributed by atoms with van der Waals surface area (Å²) in [6.07, 6.45) is 12.8. The second-order valence-corrected chi connectivity index (χ2v) is 15.7. The molecule has 2 saturated heterocycles. The average Bonchev–Trinajstić information content (AvgIpc) is 3.74. The minimum absolute atomic E-state index is 0.0962.